The van der Waals surface area contributed by atoms with E-state index in [1.807, 2.05) is 30.3 Å². The maximum atomic E-state index is 12.5. The van der Waals surface area contributed by atoms with Crippen molar-refractivity contribution in [3.63, 3.8) is 0 Å². The Hall–Kier alpha value is -2.47. The first-order valence-electron chi connectivity index (χ1n) is 9.31. The van der Waals surface area contributed by atoms with Crippen molar-refractivity contribution in [1.82, 2.24) is 9.47 Å². The van der Waals surface area contributed by atoms with E-state index in [9.17, 15) is 4.79 Å². The number of nitrogen functional groups attached to an aromatic ring is 1. The number of nitrogens with two attached hydrogens (primary N) is 1. The lowest BCUT2D eigenvalue weighted by atomic mass is 9.84. The first-order chi connectivity index (χ1) is 13.8. The molecule has 4 rings (SSSR count). The van der Waals surface area contributed by atoms with Crippen LogP contribution in [0.1, 0.15) is 33.1 Å². The lowest BCUT2D eigenvalue weighted by molar-refractivity contribution is 0.101. The predicted octanol–water partition coefficient (Wildman–Crippen LogP) is 4.74. The molecule has 1 atom stereocenters. The molecule has 0 saturated carbocycles. The smallest absolute Gasteiger partial charge is 0.272 e. The van der Waals surface area contributed by atoms with Gasteiger partial charge in [0.25, 0.3) is 5.91 Å². The molecule has 0 spiro atoms. The Labute approximate surface area is 180 Å². The molecular weight excluding hydrogens is 407 g/mol. The van der Waals surface area contributed by atoms with E-state index >= 15 is 0 Å². The number of rotatable bonds is 3. The number of aromatic nitrogens is 1. The van der Waals surface area contributed by atoms with Crippen molar-refractivity contribution in [3.05, 3.63) is 81.1 Å². The first-order valence-corrected chi connectivity index (χ1v) is 10.1. The lowest BCUT2D eigenvalue weighted by Gasteiger charge is -2.33. The summed E-state index contributed by atoms with van der Waals surface area (Å²) < 4.78 is 1.71. The second kappa shape index (κ2) is 7.75. The zero-order chi connectivity index (χ0) is 20.7. The summed E-state index contributed by atoms with van der Waals surface area (Å²) in [5.41, 5.74) is 11.0. The summed E-state index contributed by atoms with van der Waals surface area (Å²) >= 11 is 12.7. The number of carbonyl (C=O) groups is 1. The molecule has 0 radical (unpaired) electrons. The maximum Gasteiger partial charge on any atom is 0.272 e. The standard InChI is InChI=1S/C22H22Cl2N4O/c1-27-11-18(17-7-14(23)8-20(24)19(17)12-27)13-3-5-16(6-4-13)26-22(29)21-9-15(25)10-28(21)2/h3-10,18H,11-12,25H2,1-2H3,(H,26,29). The zero-order valence-corrected chi connectivity index (χ0v) is 17.8. The molecule has 2 heterocycles. The average Bonchev–Trinajstić information content (AvgIpc) is 3.01. The van der Waals surface area contributed by atoms with Gasteiger partial charge in [0.1, 0.15) is 5.69 Å². The number of likely N-dealkylation sites (N-methyl/N-ethyl adjacent to an activating group) is 1. The summed E-state index contributed by atoms with van der Waals surface area (Å²) in [6.07, 6.45) is 1.71. The predicted molar refractivity (Wildman–Crippen MR) is 119 cm³/mol. The first kappa shape index (κ1) is 19.8. The van der Waals surface area contributed by atoms with Gasteiger partial charge in [0.15, 0.2) is 0 Å². The van der Waals surface area contributed by atoms with Crippen molar-refractivity contribution in [2.24, 2.45) is 7.05 Å². The molecule has 1 aliphatic rings. The van der Waals surface area contributed by atoms with Crippen LogP contribution in [0, 0.1) is 0 Å². The van der Waals surface area contributed by atoms with Gasteiger partial charge < -0.3 is 20.5 Å². The van der Waals surface area contributed by atoms with E-state index in [2.05, 4.69) is 17.3 Å². The van der Waals surface area contributed by atoms with Gasteiger partial charge in [-0.1, -0.05) is 35.3 Å². The van der Waals surface area contributed by atoms with Crippen LogP contribution in [0.2, 0.25) is 10.0 Å². The Balaban J connectivity index is 1.59. The third-order valence-electron chi connectivity index (χ3n) is 5.32. The Kier molecular flexibility index (Phi) is 5.30. The summed E-state index contributed by atoms with van der Waals surface area (Å²) in [5.74, 6) is -0.0318. The lowest BCUT2D eigenvalue weighted by Crippen LogP contribution is -2.31. The van der Waals surface area contributed by atoms with E-state index in [-0.39, 0.29) is 11.8 Å². The second-order valence-corrected chi connectivity index (χ2v) is 8.39. The second-order valence-electron chi connectivity index (χ2n) is 7.55. The molecule has 150 valence electrons. The molecule has 5 nitrogen and oxygen atoms in total. The number of nitrogens with one attached hydrogen (secondary N) is 1. The molecule has 0 saturated heterocycles. The molecular formula is C22H22Cl2N4O. The molecule has 1 unspecified atom stereocenters. The largest absolute Gasteiger partial charge is 0.397 e. The number of amides is 1. The number of nitrogens with zero attached hydrogens (tertiary/aromatic N) is 2. The van der Waals surface area contributed by atoms with Crippen LogP contribution in [-0.2, 0) is 13.6 Å². The van der Waals surface area contributed by atoms with Crippen molar-refractivity contribution in [2.45, 2.75) is 12.5 Å². The number of hydrogen-bond acceptors (Lipinski definition) is 3. The minimum atomic E-state index is -0.196. The van der Waals surface area contributed by atoms with Crippen molar-refractivity contribution >= 4 is 40.5 Å². The van der Waals surface area contributed by atoms with E-state index in [1.54, 1.807) is 29.9 Å². The fourth-order valence-corrected chi connectivity index (χ4v) is 4.51. The van der Waals surface area contributed by atoms with E-state index in [0.717, 1.165) is 35.5 Å². The van der Waals surface area contributed by atoms with Crippen LogP contribution in [0.25, 0.3) is 0 Å². The van der Waals surface area contributed by atoms with Gasteiger partial charge in [-0.25, -0.2) is 0 Å². The highest BCUT2D eigenvalue weighted by Crippen LogP contribution is 2.38. The Bertz CT molecular complexity index is 1080. The van der Waals surface area contributed by atoms with E-state index in [4.69, 9.17) is 28.9 Å². The molecule has 1 aromatic heterocycles. The highest BCUT2D eigenvalue weighted by Gasteiger charge is 2.27. The fraction of sp³-hybridized carbons (Fsp3) is 0.227. The van der Waals surface area contributed by atoms with E-state index in [1.165, 1.54) is 0 Å². The number of benzene rings is 2. The van der Waals surface area contributed by atoms with E-state index in [0.29, 0.717) is 21.4 Å². The number of aryl methyl sites for hydroxylation is 1. The average molecular weight is 429 g/mol. The SMILES string of the molecule is CN1Cc2c(Cl)cc(Cl)cc2C(c2ccc(NC(=O)c3cc(N)cn3C)cc2)C1. The van der Waals surface area contributed by atoms with Crippen LogP contribution in [0.3, 0.4) is 0 Å². The van der Waals surface area contributed by atoms with Gasteiger partial charge in [-0.3, -0.25) is 4.79 Å². The van der Waals surface area contributed by atoms with Gasteiger partial charge in [-0.05, 0) is 54.1 Å². The number of carbonyl (C=O) groups excluding carboxylic acids is 1. The molecule has 3 aromatic rings. The number of anilines is 2. The molecule has 1 aliphatic heterocycles. The minimum Gasteiger partial charge on any atom is -0.397 e. The molecule has 0 bridgehead atoms. The Morgan fingerprint density at radius 1 is 1.14 bits per heavy atom. The van der Waals surface area contributed by atoms with E-state index < -0.39 is 0 Å². The van der Waals surface area contributed by atoms with Crippen molar-refractivity contribution < 1.29 is 4.79 Å². The molecule has 7 heteroatoms. The summed E-state index contributed by atoms with van der Waals surface area (Å²) in [7, 11) is 3.88. The molecule has 0 aliphatic carbocycles. The summed E-state index contributed by atoms with van der Waals surface area (Å²) in [4.78, 5) is 14.7. The maximum absolute atomic E-state index is 12.5. The monoisotopic (exact) mass is 428 g/mol. The third-order valence-corrected chi connectivity index (χ3v) is 5.88. The molecule has 0 fully saturated rings. The third kappa shape index (κ3) is 3.99. The van der Waals surface area contributed by atoms with Crippen LogP contribution in [-0.4, -0.2) is 29.0 Å². The van der Waals surface area contributed by atoms with Crippen LogP contribution in [0.5, 0.6) is 0 Å². The highest BCUT2D eigenvalue weighted by atomic mass is 35.5. The normalized spacial score (nSPS) is 16.5. The Morgan fingerprint density at radius 2 is 1.86 bits per heavy atom. The Morgan fingerprint density at radius 3 is 2.52 bits per heavy atom. The van der Waals surface area contributed by atoms with Crippen LogP contribution < -0.4 is 11.1 Å². The molecule has 3 N–H and O–H groups in total. The highest BCUT2D eigenvalue weighted by molar-refractivity contribution is 6.35. The summed E-state index contributed by atoms with van der Waals surface area (Å²) in [5, 5.41) is 4.27. The van der Waals surface area contributed by atoms with Gasteiger partial charge in [-0.2, -0.15) is 0 Å². The van der Waals surface area contributed by atoms with Crippen molar-refractivity contribution in [3.8, 4) is 0 Å². The van der Waals surface area contributed by atoms with Gasteiger partial charge in [-0.15, -0.1) is 0 Å². The molecule has 1 amide bonds. The number of halogens is 2. The van der Waals surface area contributed by atoms with Gasteiger partial charge in [0, 0.05) is 48.0 Å². The quantitative estimate of drug-likeness (QED) is 0.632. The van der Waals surface area contributed by atoms with Gasteiger partial charge in [0.2, 0.25) is 0 Å². The van der Waals surface area contributed by atoms with Crippen molar-refractivity contribution in [1.29, 1.82) is 0 Å². The van der Waals surface area contributed by atoms with Gasteiger partial charge in [0.05, 0.1) is 5.69 Å². The summed E-state index contributed by atoms with van der Waals surface area (Å²) in [6, 6.07) is 13.4. The number of hydrogen-bond donors (Lipinski definition) is 2. The summed E-state index contributed by atoms with van der Waals surface area (Å²) in [6.45, 7) is 1.67. The molecule has 29 heavy (non-hydrogen) atoms. The van der Waals surface area contributed by atoms with Crippen LogP contribution in [0.15, 0.2) is 48.7 Å². The number of fused-ring (bicyclic) bond motifs is 1. The molecule has 2 aromatic carbocycles. The van der Waals surface area contributed by atoms with Crippen LogP contribution in [0.4, 0.5) is 11.4 Å². The van der Waals surface area contributed by atoms with Gasteiger partial charge >= 0.3 is 0 Å². The van der Waals surface area contributed by atoms with Crippen LogP contribution >= 0.6 is 23.2 Å². The minimum absolute atomic E-state index is 0.164. The zero-order valence-electron chi connectivity index (χ0n) is 16.2. The topological polar surface area (TPSA) is 63.3 Å². The van der Waals surface area contributed by atoms with Crippen molar-refractivity contribution in [2.75, 3.05) is 24.6 Å². The fourth-order valence-electron chi connectivity index (χ4n) is 3.94.